The monoisotopic (exact) mass is 277 g/mol. The largest absolute Gasteiger partial charge is 0.486 e. The van der Waals surface area contributed by atoms with Crippen molar-refractivity contribution in [2.75, 3.05) is 13.2 Å². The molecule has 1 aromatic heterocycles. The molecule has 0 spiro atoms. The topological polar surface area (TPSA) is 60.7 Å². The van der Waals surface area contributed by atoms with Gasteiger partial charge in [-0.15, -0.1) is 0 Å². The molecule has 0 unspecified atom stereocenters. The number of hydrogen-bond acceptors (Lipinski definition) is 4. The Kier molecular flexibility index (Phi) is 3.28. The zero-order valence-corrected chi connectivity index (χ0v) is 10.5. The van der Waals surface area contributed by atoms with Crippen LogP contribution in [0.3, 0.4) is 0 Å². The van der Waals surface area contributed by atoms with Crippen molar-refractivity contribution in [3.63, 3.8) is 0 Å². The third kappa shape index (κ3) is 2.45. The maximum atomic E-state index is 13.5. The maximum absolute atomic E-state index is 13.5. The van der Waals surface area contributed by atoms with Crippen LogP contribution in [0.4, 0.5) is 4.39 Å². The molecule has 3 rings (SSSR count). The number of furan rings is 1. The van der Waals surface area contributed by atoms with Crippen molar-refractivity contribution >= 4 is 5.91 Å². The zero-order chi connectivity index (χ0) is 13.9. The number of halogens is 1. The summed E-state index contributed by atoms with van der Waals surface area (Å²) in [6.07, 6.45) is 1.52. The molecule has 1 amide bonds. The van der Waals surface area contributed by atoms with Crippen LogP contribution in [-0.4, -0.2) is 19.1 Å². The van der Waals surface area contributed by atoms with Gasteiger partial charge in [0, 0.05) is 6.07 Å². The van der Waals surface area contributed by atoms with Gasteiger partial charge in [0.2, 0.25) is 0 Å². The second-order valence-corrected chi connectivity index (χ2v) is 4.24. The molecular weight excluding hydrogens is 265 g/mol. The molecule has 1 aliphatic heterocycles. The van der Waals surface area contributed by atoms with Gasteiger partial charge in [-0.1, -0.05) is 0 Å². The molecule has 0 atom stereocenters. The number of carbonyl (C=O) groups excluding carboxylic acids is 1. The predicted octanol–water partition coefficient (Wildman–Crippen LogP) is 2.12. The molecule has 0 bridgehead atoms. The Bertz CT molecular complexity index is 624. The number of hydrogen-bond donors (Lipinski definition) is 1. The van der Waals surface area contributed by atoms with Gasteiger partial charge in [0.1, 0.15) is 24.8 Å². The average molecular weight is 277 g/mol. The SMILES string of the molecule is O=C(NCc1ccco1)c1cc(F)cc2c1OCCO2. The third-order valence-electron chi connectivity index (χ3n) is 2.85. The van der Waals surface area contributed by atoms with Crippen molar-refractivity contribution in [1.29, 1.82) is 0 Å². The summed E-state index contributed by atoms with van der Waals surface area (Å²) in [6, 6.07) is 5.80. The van der Waals surface area contributed by atoms with Crippen molar-refractivity contribution in [1.82, 2.24) is 5.32 Å². The van der Waals surface area contributed by atoms with E-state index in [1.807, 2.05) is 0 Å². The van der Waals surface area contributed by atoms with Gasteiger partial charge in [-0.25, -0.2) is 4.39 Å². The molecule has 0 saturated carbocycles. The van der Waals surface area contributed by atoms with E-state index in [2.05, 4.69) is 5.32 Å². The number of carbonyl (C=O) groups is 1. The standard InChI is InChI=1S/C14H12FNO4/c15-9-6-11(13-12(7-9)19-4-5-20-13)14(17)16-8-10-2-1-3-18-10/h1-3,6-7H,4-5,8H2,(H,16,17). The first-order valence-corrected chi connectivity index (χ1v) is 6.14. The van der Waals surface area contributed by atoms with Gasteiger partial charge in [0.25, 0.3) is 5.91 Å². The van der Waals surface area contributed by atoms with Crippen LogP contribution >= 0.6 is 0 Å². The molecule has 20 heavy (non-hydrogen) atoms. The van der Waals surface area contributed by atoms with Crippen molar-refractivity contribution in [3.8, 4) is 11.5 Å². The maximum Gasteiger partial charge on any atom is 0.255 e. The van der Waals surface area contributed by atoms with Crippen LogP contribution in [0.5, 0.6) is 11.5 Å². The first-order chi connectivity index (χ1) is 9.74. The highest BCUT2D eigenvalue weighted by molar-refractivity contribution is 5.97. The van der Waals surface area contributed by atoms with Crippen molar-refractivity contribution in [2.45, 2.75) is 6.54 Å². The number of amides is 1. The second kappa shape index (κ2) is 5.24. The molecule has 0 radical (unpaired) electrons. The van der Waals surface area contributed by atoms with Crippen LogP contribution in [0.2, 0.25) is 0 Å². The van der Waals surface area contributed by atoms with Gasteiger partial charge in [-0.3, -0.25) is 4.79 Å². The first kappa shape index (κ1) is 12.5. The minimum atomic E-state index is -0.544. The van der Waals surface area contributed by atoms with E-state index in [0.717, 1.165) is 6.07 Å². The molecule has 104 valence electrons. The predicted molar refractivity (Wildman–Crippen MR) is 67.3 cm³/mol. The number of benzene rings is 1. The number of fused-ring (bicyclic) bond motifs is 1. The number of rotatable bonds is 3. The van der Waals surface area contributed by atoms with Crippen LogP contribution in [0.25, 0.3) is 0 Å². The Hall–Kier alpha value is -2.50. The molecule has 1 N–H and O–H groups in total. The molecule has 6 heteroatoms. The molecule has 0 aliphatic carbocycles. The van der Waals surface area contributed by atoms with E-state index in [0.29, 0.717) is 19.0 Å². The fourth-order valence-electron chi connectivity index (χ4n) is 1.96. The highest BCUT2D eigenvalue weighted by Crippen LogP contribution is 2.34. The fourth-order valence-corrected chi connectivity index (χ4v) is 1.96. The number of nitrogens with one attached hydrogen (secondary N) is 1. The van der Waals surface area contributed by atoms with E-state index < -0.39 is 11.7 Å². The molecule has 0 saturated heterocycles. The Morgan fingerprint density at radius 2 is 2.15 bits per heavy atom. The lowest BCUT2D eigenvalue weighted by atomic mass is 10.1. The molecule has 2 aromatic rings. The van der Waals surface area contributed by atoms with E-state index >= 15 is 0 Å². The van der Waals surface area contributed by atoms with Crippen LogP contribution in [0, 0.1) is 5.82 Å². The minimum Gasteiger partial charge on any atom is -0.486 e. The average Bonchev–Trinajstić information content (AvgIpc) is 2.97. The molecule has 0 fully saturated rings. The van der Waals surface area contributed by atoms with Gasteiger partial charge in [-0.05, 0) is 18.2 Å². The van der Waals surface area contributed by atoms with Gasteiger partial charge in [0.15, 0.2) is 11.5 Å². The third-order valence-corrected chi connectivity index (χ3v) is 2.85. The summed E-state index contributed by atoms with van der Waals surface area (Å²) in [6.45, 7) is 0.888. The lowest BCUT2D eigenvalue weighted by Gasteiger charge is -2.20. The van der Waals surface area contributed by atoms with E-state index in [1.54, 1.807) is 12.1 Å². The summed E-state index contributed by atoms with van der Waals surface area (Å²) in [4.78, 5) is 12.1. The van der Waals surface area contributed by atoms with Gasteiger partial charge < -0.3 is 19.2 Å². The normalized spacial score (nSPS) is 13.1. The fraction of sp³-hybridized carbons (Fsp3) is 0.214. The quantitative estimate of drug-likeness (QED) is 0.933. The summed E-state index contributed by atoms with van der Waals surface area (Å²) in [5, 5.41) is 2.64. The van der Waals surface area contributed by atoms with Crippen molar-refractivity contribution in [3.05, 3.63) is 47.7 Å². The highest BCUT2D eigenvalue weighted by atomic mass is 19.1. The van der Waals surface area contributed by atoms with E-state index in [9.17, 15) is 9.18 Å². The lowest BCUT2D eigenvalue weighted by molar-refractivity contribution is 0.0936. The first-order valence-electron chi connectivity index (χ1n) is 6.14. The second-order valence-electron chi connectivity index (χ2n) is 4.24. The molecule has 2 heterocycles. The molecule has 1 aromatic carbocycles. The molecule has 5 nitrogen and oxygen atoms in total. The van der Waals surface area contributed by atoms with Crippen LogP contribution in [0.1, 0.15) is 16.1 Å². The Morgan fingerprint density at radius 1 is 1.30 bits per heavy atom. The summed E-state index contributed by atoms with van der Waals surface area (Å²) in [7, 11) is 0. The lowest BCUT2D eigenvalue weighted by Crippen LogP contribution is -2.25. The van der Waals surface area contributed by atoms with Crippen LogP contribution in [-0.2, 0) is 6.54 Å². The smallest absolute Gasteiger partial charge is 0.255 e. The van der Waals surface area contributed by atoms with E-state index in [1.165, 1.54) is 12.3 Å². The van der Waals surface area contributed by atoms with Gasteiger partial charge >= 0.3 is 0 Å². The Labute approximate surface area is 114 Å². The summed E-state index contributed by atoms with van der Waals surface area (Å²) in [5.74, 6) is 0.148. The van der Waals surface area contributed by atoms with Gasteiger partial charge in [0.05, 0.1) is 18.4 Å². The van der Waals surface area contributed by atoms with Crippen LogP contribution in [0.15, 0.2) is 34.9 Å². The zero-order valence-electron chi connectivity index (χ0n) is 10.5. The molecular formula is C14H12FNO4. The Morgan fingerprint density at radius 3 is 2.95 bits per heavy atom. The van der Waals surface area contributed by atoms with Crippen molar-refractivity contribution < 1.29 is 23.1 Å². The molecule has 1 aliphatic rings. The summed E-state index contributed by atoms with van der Waals surface area (Å²) in [5.41, 5.74) is 0.117. The number of ether oxygens (including phenoxy) is 2. The van der Waals surface area contributed by atoms with Crippen LogP contribution < -0.4 is 14.8 Å². The van der Waals surface area contributed by atoms with Gasteiger partial charge in [-0.2, -0.15) is 0 Å². The highest BCUT2D eigenvalue weighted by Gasteiger charge is 2.22. The Balaban J connectivity index is 1.81. The van der Waals surface area contributed by atoms with Crippen molar-refractivity contribution in [2.24, 2.45) is 0 Å². The minimum absolute atomic E-state index is 0.117. The summed E-state index contributed by atoms with van der Waals surface area (Å²) < 4.78 is 29.3. The van der Waals surface area contributed by atoms with E-state index in [4.69, 9.17) is 13.9 Å². The summed E-state index contributed by atoms with van der Waals surface area (Å²) >= 11 is 0. The van der Waals surface area contributed by atoms with E-state index in [-0.39, 0.29) is 23.6 Å².